The highest BCUT2D eigenvalue weighted by Gasteiger charge is 2.03. The summed E-state index contributed by atoms with van der Waals surface area (Å²) in [7, 11) is 0. The van der Waals surface area contributed by atoms with Crippen LogP contribution < -0.4 is 5.32 Å². The van der Waals surface area contributed by atoms with E-state index in [1.165, 1.54) is 27.8 Å². The minimum absolute atomic E-state index is 0.860. The second-order valence-corrected chi connectivity index (χ2v) is 5.82. The molecule has 0 bridgehead atoms. The molecule has 0 heterocycles. The largest absolute Gasteiger partial charge is 0.385 e. The molecule has 0 saturated carbocycles. The predicted octanol–water partition coefficient (Wildman–Crippen LogP) is 4.71. The summed E-state index contributed by atoms with van der Waals surface area (Å²) in [5.41, 5.74) is 7.96. The van der Waals surface area contributed by atoms with Crippen LogP contribution in [0, 0.1) is 13.8 Å². The minimum Gasteiger partial charge on any atom is -0.385 e. The first-order valence-electron chi connectivity index (χ1n) is 7.58. The molecule has 1 N–H and O–H groups in total. The van der Waals surface area contributed by atoms with Crippen molar-refractivity contribution in [1.82, 2.24) is 5.32 Å². The lowest BCUT2D eigenvalue weighted by Crippen LogP contribution is -2.11. The number of hydrogen-bond acceptors (Lipinski definition) is 1. The quantitative estimate of drug-likeness (QED) is 0.807. The lowest BCUT2D eigenvalue weighted by molar-refractivity contribution is 0.797. The summed E-state index contributed by atoms with van der Waals surface area (Å²) in [6.45, 7) is 11.1. The first-order chi connectivity index (χ1) is 10.1. The van der Waals surface area contributed by atoms with E-state index in [1.54, 1.807) is 0 Å². The molecule has 2 aromatic carbocycles. The highest BCUT2D eigenvalue weighted by molar-refractivity contribution is 5.32. The van der Waals surface area contributed by atoms with Gasteiger partial charge in [0.2, 0.25) is 0 Å². The lowest BCUT2D eigenvalue weighted by atomic mass is 9.98. The van der Waals surface area contributed by atoms with E-state index in [0.29, 0.717) is 0 Å². The van der Waals surface area contributed by atoms with Crippen LogP contribution in [0.2, 0.25) is 0 Å². The number of allylic oxidation sites excluding steroid dienone is 1. The van der Waals surface area contributed by atoms with E-state index < -0.39 is 0 Å². The van der Waals surface area contributed by atoms with Gasteiger partial charge >= 0.3 is 0 Å². The van der Waals surface area contributed by atoms with Crippen molar-refractivity contribution in [2.75, 3.05) is 0 Å². The number of hydrogen-bond donors (Lipinski definition) is 1. The van der Waals surface area contributed by atoms with Crippen molar-refractivity contribution in [3.63, 3.8) is 0 Å². The number of benzene rings is 2. The van der Waals surface area contributed by atoms with Crippen LogP contribution in [0.3, 0.4) is 0 Å². The van der Waals surface area contributed by atoms with Gasteiger partial charge in [0.1, 0.15) is 0 Å². The maximum Gasteiger partial charge on any atom is 0.0400 e. The summed E-state index contributed by atoms with van der Waals surface area (Å²) in [5.74, 6) is 0. The summed E-state index contributed by atoms with van der Waals surface area (Å²) in [5, 5.41) is 3.32. The van der Waals surface area contributed by atoms with E-state index in [9.17, 15) is 0 Å². The highest BCUT2D eigenvalue weighted by atomic mass is 14.9. The summed E-state index contributed by atoms with van der Waals surface area (Å²) in [6, 6.07) is 15.4. The van der Waals surface area contributed by atoms with Gasteiger partial charge in [0.15, 0.2) is 0 Å². The van der Waals surface area contributed by atoms with Crippen LogP contribution in [0.4, 0.5) is 0 Å². The fourth-order valence-corrected chi connectivity index (χ4v) is 2.46. The van der Waals surface area contributed by atoms with E-state index in [4.69, 9.17) is 0 Å². The van der Waals surface area contributed by atoms with Crippen LogP contribution in [0.1, 0.15) is 34.7 Å². The van der Waals surface area contributed by atoms with E-state index >= 15 is 0 Å². The average molecular weight is 279 g/mol. The molecular weight excluding hydrogens is 254 g/mol. The zero-order valence-electron chi connectivity index (χ0n) is 13.4. The minimum atomic E-state index is 0.860. The van der Waals surface area contributed by atoms with Crippen LogP contribution in [0.25, 0.3) is 0 Å². The van der Waals surface area contributed by atoms with Gasteiger partial charge < -0.3 is 5.32 Å². The fourth-order valence-electron chi connectivity index (χ4n) is 2.46. The fraction of sp³-hybridized carbons (Fsp3) is 0.300. The second kappa shape index (κ2) is 7.12. The SMILES string of the molecule is C=C(C)NCc1ccccc1CCc1ccc(C)c(C)c1. The number of aryl methyl sites for hydroxylation is 4. The van der Waals surface area contributed by atoms with Gasteiger partial charge in [0.25, 0.3) is 0 Å². The van der Waals surface area contributed by atoms with Crippen molar-refractivity contribution < 1.29 is 0 Å². The third-order valence-corrected chi connectivity index (χ3v) is 3.95. The van der Waals surface area contributed by atoms with Crippen molar-refractivity contribution in [2.45, 2.75) is 40.2 Å². The molecule has 0 atom stereocenters. The second-order valence-electron chi connectivity index (χ2n) is 5.82. The van der Waals surface area contributed by atoms with Crippen molar-refractivity contribution in [3.8, 4) is 0 Å². The Kier molecular flexibility index (Phi) is 5.21. The van der Waals surface area contributed by atoms with Crippen molar-refractivity contribution in [3.05, 3.63) is 82.6 Å². The van der Waals surface area contributed by atoms with Crippen LogP contribution in [-0.4, -0.2) is 0 Å². The smallest absolute Gasteiger partial charge is 0.0400 e. The van der Waals surface area contributed by atoms with Gasteiger partial charge in [0, 0.05) is 12.2 Å². The van der Waals surface area contributed by atoms with Crippen LogP contribution >= 0.6 is 0 Å². The molecule has 0 amide bonds. The van der Waals surface area contributed by atoms with Gasteiger partial charge in [-0.2, -0.15) is 0 Å². The van der Waals surface area contributed by atoms with Gasteiger partial charge in [-0.25, -0.2) is 0 Å². The van der Waals surface area contributed by atoms with E-state index in [2.05, 4.69) is 68.2 Å². The normalized spacial score (nSPS) is 10.4. The zero-order valence-corrected chi connectivity index (χ0v) is 13.4. The monoisotopic (exact) mass is 279 g/mol. The Bertz CT molecular complexity index is 625. The molecule has 0 aromatic heterocycles. The van der Waals surface area contributed by atoms with Crippen molar-refractivity contribution >= 4 is 0 Å². The Morgan fingerprint density at radius 3 is 2.33 bits per heavy atom. The molecule has 21 heavy (non-hydrogen) atoms. The molecule has 1 nitrogen and oxygen atoms in total. The lowest BCUT2D eigenvalue weighted by Gasteiger charge is -2.12. The Labute approximate surface area is 128 Å². The number of rotatable bonds is 6. The molecular formula is C20H25N. The molecule has 2 rings (SSSR count). The maximum atomic E-state index is 3.90. The topological polar surface area (TPSA) is 12.0 Å². The molecule has 1 heteroatoms. The predicted molar refractivity (Wildman–Crippen MR) is 91.4 cm³/mol. The third-order valence-electron chi connectivity index (χ3n) is 3.95. The molecule has 2 aromatic rings. The molecule has 0 aliphatic carbocycles. The molecule has 0 unspecified atom stereocenters. The van der Waals surface area contributed by atoms with Crippen LogP contribution in [0.15, 0.2) is 54.7 Å². The van der Waals surface area contributed by atoms with E-state index in [0.717, 1.165) is 25.1 Å². The maximum absolute atomic E-state index is 3.90. The highest BCUT2D eigenvalue weighted by Crippen LogP contribution is 2.15. The average Bonchev–Trinajstić information content (AvgIpc) is 2.47. The van der Waals surface area contributed by atoms with Crippen LogP contribution in [-0.2, 0) is 19.4 Å². The Balaban J connectivity index is 2.05. The first-order valence-corrected chi connectivity index (χ1v) is 7.58. The van der Waals surface area contributed by atoms with E-state index in [-0.39, 0.29) is 0 Å². The summed E-state index contributed by atoms with van der Waals surface area (Å²) < 4.78 is 0. The van der Waals surface area contributed by atoms with Crippen molar-refractivity contribution in [2.24, 2.45) is 0 Å². The van der Waals surface area contributed by atoms with Gasteiger partial charge in [-0.05, 0) is 61.4 Å². The van der Waals surface area contributed by atoms with Crippen LogP contribution in [0.5, 0.6) is 0 Å². The first kappa shape index (κ1) is 15.4. The third kappa shape index (κ3) is 4.49. The molecule has 0 fully saturated rings. The Hall–Kier alpha value is -2.02. The summed E-state index contributed by atoms with van der Waals surface area (Å²) in [6.07, 6.45) is 2.17. The van der Waals surface area contributed by atoms with Gasteiger partial charge in [-0.1, -0.05) is 49.0 Å². The number of nitrogens with one attached hydrogen (secondary N) is 1. The van der Waals surface area contributed by atoms with E-state index in [1.807, 2.05) is 6.92 Å². The Morgan fingerprint density at radius 1 is 0.952 bits per heavy atom. The van der Waals surface area contributed by atoms with Crippen molar-refractivity contribution in [1.29, 1.82) is 0 Å². The Morgan fingerprint density at radius 2 is 1.67 bits per heavy atom. The van der Waals surface area contributed by atoms with Gasteiger partial charge in [-0.3, -0.25) is 0 Å². The zero-order chi connectivity index (χ0) is 15.2. The summed E-state index contributed by atoms with van der Waals surface area (Å²) in [4.78, 5) is 0. The molecule has 0 spiro atoms. The molecule has 0 aliphatic heterocycles. The molecule has 0 radical (unpaired) electrons. The summed E-state index contributed by atoms with van der Waals surface area (Å²) >= 11 is 0. The molecule has 110 valence electrons. The standard InChI is InChI=1S/C20H25N/c1-15(2)21-14-20-8-6-5-7-19(20)12-11-18-10-9-16(3)17(4)13-18/h5-10,13,21H,1,11-12,14H2,2-4H3. The van der Waals surface area contributed by atoms with Gasteiger partial charge in [0.05, 0.1) is 0 Å². The van der Waals surface area contributed by atoms with Gasteiger partial charge in [-0.15, -0.1) is 0 Å². The molecule has 0 saturated heterocycles. The molecule has 0 aliphatic rings.